The molecule has 1 aliphatic rings. The summed E-state index contributed by atoms with van der Waals surface area (Å²) in [6.07, 6.45) is 1.78. The lowest BCUT2D eigenvalue weighted by molar-refractivity contribution is -0.126. The molecule has 0 N–H and O–H groups in total. The van der Waals surface area contributed by atoms with Gasteiger partial charge < -0.3 is 4.90 Å². The van der Waals surface area contributed by atoms with Crippen molar-refractivity contribution >= 4 is 11.6 Å². The Hall–Kier alpha value is -2.94. The molecule has 2 unspecified atom stereocenters. The summed E-state index contributed by atoms with van der Waals surface area (Å²) in [6.45, 7) is 0. The number of carbonyl (C=O) groups excluding carboxylic acids is 1. The maximum absolute atomic E-state index is 12.8. The van der Waals surface area contributed by atoms with Gasteiger partial charge in [-0.15, -0.1) is 0 Å². The van der Waals surface area contributed by atoms with Crippen LogP contribution in [-0.2, 0) is 4.79 Å². The first-order valence-corrected chi connectivity index (χ1v) is 7.70. The average molecular weight is 300 g/mol. The number of hydrogen-bond donors (Lipinski definition) is 0. The van der Waals surface area contributed by atoms with Crippen molar-refractivity contribution in [3.8, 4) is 0 Å². The van der Waals surface area contributed by atoms with Crippen molar-refractivity contribution in [2.24, 2.45) is 0 Å². The Morgan fingerprint density at radius 2 is 1.43 bits per heavy atom. The SMILES string of the molecule is O=C1C(c2ccccc2)C(c2ccccn2)N1c1ccccc1. The van der Waals surface area contributed by atoms with E-state index in [-0.39, 0.29) is 17.9 Å². The highest BCUT2D eigenvalue weighted by molar-refractivity contribution is 6.06. The highest BCUT2D eigenvalue weighted by atomic mass is 16.2. The van der Waals surface area contributed by atoms with E-state index in [1.807, 2.05) is 83.8 Å². The molecular formula is C20H16N2O. The number of β-lactam (4-membered cyclic amide) rings is 1. The Morgan fingerprint density at radius 1 is 0.783 bits per heavy atom. The van der Waals surface area contributed by atoms with Crippen LogP contribution in [0.3, 0.4) is 0 Å². The summed E-state index contributed by atoms with van der Waals surface area (Å²) in [5.41, 5.74) is 2.88. The number of hydrogen-bond acceptors (Lipinski definition) is 2. The van der Waals surface area contributed by atoms with Crippen molar-refractivity contribution in [2.45, 2.75) is 12.0 Å². The molecule has 0 radical (unpaired) electrons. The molecule has 1 fully saturated rings. The summed E-state index contributed by atoms with van der Waals surface area (Å²) in [4.78, 5) is 19.2. The number of nitrogens with zero attached hydrogens (tertiary/aromatic N) is 2. The molecule has 3 nitrogen and oxygen atoms in total. The number of pyridine rings is 1. The minimum absolute atomic E-state index is 0.0616. The summed E-state index contributed by atoms with van der Waals surface area (Å²) in [5, 5.41) is 0. The monoisotopic (exact) mass is 300 g/mol. The van der Waals surface area contributed by atoms with E-state index in [1.165, 1.54) is 0 Å². The van der Waals surface area contributed by atoms with Crippen LogP contribution in [0.2, 0.25) is 0 Å². The third kappa shape index (κ3) is 2.30. The lowest BCUT2D eigenvalue weighted by atomic mass is 9.79. The molecule has 4 rings (SSSR count). The van der Waals surface area contributed by atoms with Gasteiger partial charge in [0.15, 0.2) is 0 Å². The maximum atomic E-state index is 12.8. The van der Waals surface area contributed by atoms with E-state index in [1.54, 1.807) is 6.20 Å². The zero-order chi connectivity index (χ0) is 15.6. The molecule has 2 aromatic carbocycles. The first kappa shape index (κ1) is 13.7. The van der Waals surface area contributed by atoms with Crippen LogP contribution < -0.4 is 4.90 Å². The van der Waals surface area contributed by atoms with Gasteiger partial charge in [0.25, 0.3) is 0 Å². The van der Waals surface area contributed by atoms with Gasteiger partial charge in [0.05, 0.1) is 17.7 Å². The fourth-order valence-electron chi connectivity index (χ4n) is 3.20. The van der Waals surface area contributed by atoms with Gasteiger partial charge in [0.2, 0.25) is 5.91 Å². The van der Waals surface area contributed by atoms with Gasteiger partial charge in [-0.3, -0.25) is 9.78 Å². The third-order valence-corrected chi connectivity index (χ3v) is 4.28. The molecule has 0 spiro atoms. The Morgan fingerprint density at radius 3 is 2.09 bits per heavy atom. The van der Waals surface area contributed by atoms with E-state index in [0.29, 0.717) is 0 Å². The number of benzene rings is 2. The topological polar surface area (TPSA) is 33.2 Å². The van der Waals surface area contributed by atoms with Crippen LogP contribution in [0.1, 0.15) is 23.2 Å². The second kappa shape index (κ2) is 5.69. The van der Waals surface area contributed by atoms with Crippen LogP contribution in [0.15, 0.2) is 85.1 Å². The molecule has 0 saturated carbocycles. The number of rotatable bonds is 3. The van der Waals surface area contributed by atoms with Crippen molar-refractivity contribution in [3.05, 3.63) is 96.3 Å². The number of aromatic nitrogens is 1. The molecule has 1 saturated heterocycles. The molecule has 112 valence electrons. The van der Waals surface area contributed by atoms with E-state index < -0.39 is 0 Å². The number of carbonyl (C=O) groups is 1. The molecule has 3 heteroatoms. The summed E-state index contributed by atoms with van der Waals surface area (Å²) >= 11 is 0. The van der Waals surface area contributed by atoms with Crippen LogP contribution >= 0.6 is 0 Å². The molecule has 1 aliphatic heterocycles. The first-order valence-electron chi connectivity index (χ1n) is 7.70. The van der Waals surface area contributed by atoms with Gasteiger partial charge in [-0.2, -0.15) is 0 Å². The largest absolute Gasteiger partial charge is 0.302 e. The number of amides is 1. The Labute approximate surface area is 135 Å². The Bertz CT molecular complexity index is 753. The lowest BCUT2D eigenvalue weighted by Gasteiger charge is -2.47. The minimum Gasteiger partial charge on any atom is -0.302 e. The molecule has 2 heterocycles. The lowest BCUT2D eigenvalue weighted by Crippen LogP contribution is -2.53. The second-order valence-corrected chi connectivity index (χ2v) is 5.63. The van der Waals surface area contributed by atoms with Crippen molar-refractivity contribution in [1.82, 2.24) is 4.98 Å². The fraction of sp³-hybridized carbons (Fsp3) is 0.100. The van der Waals surface area contributed by atoms with Crippen molar-refractivity contribution < 1.29 is 4.79 Å². The summed E-state index contributed by atoms with van der Waals surface area (Å²) in [7, 11) is 0. The van der Waals surface area contributed by atoms with E-state index in [4.69, 9.17) is 0 Å². The molecule has 23 heavy (non-hydrogen) atoms. The van der Waals surface area contributed by atoms with E-state index in [9.17, 15) is 4.79 Å². The van der Waals surface area contributed by atoms with Gasteiger partial charge in [-0.25, -0.2) is 0 Å². The smallest absolute Gasteiger partial charge is 0.237 e. The zero-order valence-electron chi connectivity index (χ0n) is 12.5. The van der Waals surface area contributed by atoms with Crippen LogP contribution in [0, 0.1) is 0 Å². The van der Waals surface area contributed by atoms with E-state index in [0.717, 1.165) is 16.9 Å². The van der Waals surface area contributed by atoms with Gasteiger partial charge in [-0.1, -0.05) is 54.6 Å². The number of para-hydroxylation sites is 1. The molecule has 0 bridgehead atoms. The number of anilines is 1. The standard InChI is InChI=1S/C20H16N2O/c23-20-18(15-9-3-1-4-10-15)19(17-13-7-8-14-21-17)22(20)16-11-5-2-6-12-16/h1-14,18-19H. The third-order valence-electron chi connectivity index (χ3n) is 4.28. The predicted molar refractivity (Wildman–Crippen MR) is 90.1 cm³/mol. The molecule has 2 atom stereocenters. The zero-order valence-corrected chi connectivity index (χ0v) is 12.5. The normalized spacial score (nSPS) is 20.2. The molecule has 0 aliphatic carbocycles. The van der Waals surface area contributed by atoms with E-state index in [2.05, 4.69) is 4.98 Å². The average Bonchev–Trinajstić information content (AvgIpc) is 2.62. The molecule has 1 amide bonds. The van der Waals surface area contributed by atoms with Gasteiger partial charge >= 0.3 is 0 Å². The maximum Gasteiger partial charge on any atom is 0.237 e. The van der Waals surface area contributed by atoms with Gasteiger partial charge in [0, 0.05) is 11.9 Å². The first-order chi connectivity index (χ1) is 11.4. The van der Waals surface area contributed by atoms with Crippen molar-refractivity contribution in [3.63, 3.8) is 0 Å². The van der Waals surface area contributed by atoms with E-state index >= 15 is 0 Å². The van der Waals surface area contributed by atoms with Crippen LogP contribution in [0.4, 0.5) is 5.69 Å². The van der Waals surface area contributed by atoms with Gasteiger partial charge in [0.1, 0.15) is 0 Å². The molecular weight excluding hydrogens is 284 g/mol. The summed E-state index contributed by atoms with van der Waals surface area (Å²) < 4.78 is 0. The van der Waals surface area contributed by atoms with Crippen LogP contribution in [0.5, 0.6) is 0 Å². The highest BCUT2D eigenvalue weighted by Crippen LogP contribution is 2.48. The van der Waals surface area contributed by atoms with Gasteiger partial charge in [-0.05, 0) is 29.8 Å². The minimum atomic E-state index is -0.175. The summed E-state index contributed by atoms with van der Waals surface area (Å²) in [6, 6.07) is 25.5. The van der Waals surface area contributed by atoms with Crippen LogP contribution in [0.25, 0.3) is 0 Å². The Kier molecular flexibility index (Phi) is 3.39. The summed E-state index contributed by atoms with van der Waals surface area (Å²) in [5.74, 6) is -0.0515. The quantitative estimate of drug-likeness (QED) is 0.686. The van der Waals surface area contributed by atoms with Crippen LogP contribution in [-0.4, -0.2) is 10.9 Å². The Balaban J connectivity index is 1.78. The predicted octanol–water partition coefficient (Wildman–Crippen LogP) is 3.95. The highest BCUT2D eigenvalue weighted by Gasteiger charge is 2.50. The second-order valence-electron chi connectivity index (χ2n) is 5.63. The molecule has 1 aromatic heterocycles. The fourth-order valence-corrected chi connectivity index (χ4v) is 3.20. The van der Waals surface area contributed by atoms with Crippen molar-refractivity contribution in [2.75, 3.05) is 4.90 Å². The molecule has 3 aromatic rings. The van der Waals surface area contributed by atoms with Crippen molar-refractivity contribution in [1.29, 1.82) is 0 Å².